The van der Waals surface area contributed by atoms with Crippen LogP contribution >= 0.6 is 0 Å². The van der Waals surface area contributed by atoms with Crippen molar-refractivity contribution < 1.29 is 24.5 Å². The first-order chi connectivity index (χ1) is 8.49. The van der Waals surface area contributed by atoms with Crippen molar-refractivity contribution in [2.45, 2.75) is 6.92 Å². The summed E-state index contributed by atoms with van der Waals surface area (Å²) in [5.41, 5.74) is 5.67. The van der Waals surface area contributed by atoms with Gasteiger partial charge < -0.3 is 25.4 Å². The lowest BCUT2D eigenvalue weighted by atomic mass is 10.1. The maximum Gasteiger partial charge on any atom is 0.337 e. The topological polar surface area (TPSA) is 102 Å². The third kappa shape index (κ3) is 3.27. The van der Waals surface area contributed by atoms with Gasteiger partial charge in [-0.15, -0.1) is 0 Å². The smallest absolute Gasteiger partial charge is 0.337 e. The largest absolute Gasteiger partial charge is 0.493 e. The van der Waals surface area contributed by atoms with E-state index in [0.717, 1.165) is 0 Å². The molecule has 1 aromatic rings. The highest BCUT2D eigenvalue weighted by Crippen LogP contribution is 2.32. The van der Waals surface area contributed by atoms with Crippen LogP contribution in [0.2, 0.25) is 0 Å². The molecule has 1 aromatic carbocycles. The molecule has 100 valence electrons. The molecule has 0 aliphatic rings. The summed E-state index contributed by atoms with van der Waals surface area (Å²) in [5, 5.41) is 17.9. The average molecular weight is 255 g/mol. The number of aliphatic hydroxyl groups is 1. The molecule has 0 radical (unpaired) electrons. The molecular weight excluding hydrogens is 238 g/mol. The maximum atomic E-state index is 11.0. The molecule has 0 aliphatic carbocycles. The number of carbonyl (C=O) groups is 1. The van der Waals surface area contributed by atoms with Gasteiger partial charge in [-0.1, -0.05) is 6.92 Å². The summed E-state index contributed by atoms with van der Waals surface area (Å²) in [6.07, 6.45) is 0. The zero-order valence-electron chi connectivity index (χ0n) is 10.3. The zero-order chi connectivity index (χ0) is 13.7. The van der Waals surface area contributed by atoms with E-state index in [9.17, 15) is 4.79 Å². The second kappa shape index (κ2) is 6.11. The van der Waals surface area contributed by atoms with Crippen LogP contribution < -0.4 is 15.2 Å². The SMILES string of the molecule is COc1cc(N)c(C(=O)O)cc1OCC(C)CO. The molecule has 4 N–H and O–H groups in total. The van der Waals surface area contributed by atoms with Crippen LogP contribution in [0.25, 0.3) is 0 Å². The summed E-state index contributed by atoms with van der Waals surface area (Å²) in [4.78, 5) is 11.0. The zero-order valence-corrected chi connectivity index (χ0v) is 10.3. The summed E-state index contributed by atoms with van der Waals surface area (Å²) in [6, 6.07) is 2.73. The van der Waals surface area contributed by atoms with Gasteiger partial charge in [0.05, 0.1) is 25.0 Å². The van der Waals surface area contributed by atoms with Crippen molar-refractivity contribution in [2.75, 3.05) is 26.1 Å². The predicted molar refractivity (Wildman–Crippen MR) is 66.1 cm³/mol. The van der Waals surface area contributed by atoms with Gasteiger partial charge in [-0.3, -0.25) is 0 Å². The number of aromatic carboxylic acids is 1. The van der Waals surface area contributed by atoms with E-state index < -0.39 is 5.97 Å². The van der Waals surface area contributed by atoms with Gasteiger partial charge >= 0.3 is 5.97 Å². The lowest BCUT2D eigenvalue weighted by molar-refractivity contribution is 0.0697. The van der Waals surface area contributed by atoms with Gasteiger partial charge in [0.15, 0.2) is 11.5 Å². The standard InChI is InChI=1S/C12H17NO5/c1-7(5-14)6-18-11-3-8(12(15)16)9(13)4-10(11)17-2/h3-4,7,14H,5-6,13H2,1-2H3,(H,15,16). The number of hydrogen-bond acceptors (Lipinski definition) is 5. The first-order valence-electron chi connectivity index (χ1n) is 5.44. The van der Waals surface area contributed by atoms with E-state index in [4.69, 9.17) is 25.4 Å². The number of carboxylic acids is 1. The number of aliphatic hydroxyl groups excluding tert-OH is 1. The van der Waals surface area contributed by atoms with E-state index in [1.54, 1.807) is 0 Å². The van der Waals surface area contributed by atoms with Crippen molar-refractivity contribution in [1.82, 2.24) is 0 Å². The van der Waals surface area contributed by atoms with Crippen LogP contribution in [-0.2, 0) is 0 Å². The highest BCUT2D eigenvalue weighted by Gasteiger charge is 2.15. The summed E-state index contributed by atoms with van der Waals surface area (Å²) in [6.45, 7) is 2.06. The second-order valence-corrected chi connectivity index (χ2v) is 3.99. The Morgan fingerprint density at radius 1 is 1.44 bits per heavy atom. The Balaban J connectivity index is 3.00. The number of hydrogen-bond donors (Lipinski definition) is 3. The number of anilines is 1. The van der Waals surface area contributed by atoms with Gasteiger partial charge in [0, 0.05) is 24.7 Å². The number of ether oxygens (including phenoxy) is 2. The number of rotatable bonds is 6. The Morgan fingerprint density at radius 3 is 2.61 bits per heavy atom. The number of benzene rings is 1. The molecule has 1 rings (SSSR count). The molecule has 0 fully saturated rings. The minimum atomic E-state index is -1.13. The Kier molecular flexibility index (Phi) is 4.79. The summed E-state index contributed by atoms with van der Waals surface area (Å²) in [5.74, 6) is -0.525. The molecule has 1 unspecified atom stereocenters. The molecule has 0 amide bonds. The third-order valence-electron chi connectivity index (χ3n) is 2.40. The van der Waals surface area contributed by atoms with Gasteiger partial charge in [-0.05, 0) is 0 Å². The highest BCUT2D eigenvalue weighted by atomic mass is 16.5. The summed E-state index contributed by atoms with van der Waals surface area (Å²) < 4.78 is 10.5. The summed E-state index contributed by atoms with van der Waals surface area (Å²) >= 11 is 0. The molecule has 0 saturated carbocycles. The first kappa shape index (κ1) is 14.1. The molecule has 0 aliphatic heterocycles. The van der Waals surface area contributed by atoms with Crippen LogP contribution in [-0.4, -0.2) is 36.5 Å². The van der Waals surface area contributed by atoms with Crippen LogP contribution in [0.5, 0.6) is 11.5 Å². The Bertz CT molecular complexity index is 433. The molecular formula is C12H17NO5. The lowest BCUT2D eigenvalue weighted by Gasteiger charge is -2.15. The highest BCUT2D eigenvalue weighted by molar-refractivity contribution is 5.94. The van der Waals surface area contributed by atoms with Crippen molar-refractivity contribution in [2.24, 2.45) is 5.92 Å². The van der Waals surface area contributed by atoms with E-state index in [-0.39, 0.29) is 30.4 Å². The van der Waals surface area contributed by atoms with Gasteiger partial charge in [0.25, 0.3) is 0 Å². The molecule has 0 heterocycles. The number of nitrogen functional groups attached to an aromatic ring is 1. The van der Waals surface area contributed by atoms with Crippen molar-refractivity contribution in [1.29, 1.82) is 0 Å². The van der Waals surface area contributed by atoms with Crippen molar-refractivity contribution in [3.63, 3.8) is 0 Å². The van der Waals surface area contributed by atoms with Gasteiger partial charge in [0.2, 0.25) is 0 Å². The number of nitrogens with two attached hydrogens (primary N) is 1. The van der Waals surface area contributed by atoms with Crippen molar-refractivity contribution in [3.8, 4) is 11.5 Å². The van der Waals surface area contributed by atoms with Gasteiger partial charge in [0.1, 0.15) is 0 Å². The second-order valence-electron chi connectivity index (χ2n) is 3.99. The van der Waals surface area contributed by atoms with Crippen molar-refractivity contribution >= 4 is 11.7 Å². The maximum absolute atomic E-state index is 11.0. The van der Waals surface area contributed by atoms with Crippen LogP contribution in [0.1, 0.15) is 17.3 Å². The monoisotopic (exact) mass is 255 g/mol. The van der Waals surface area contributed by atoms with Crippen molar-refractivity contribution in [3.05, 3.63) is 17.7 Å². The number of carboxylic acid groups (broad SMARTS) is 1. The molecule has 1 atom stereocenters. The normalized spacial score (nSPS) is 11.9. The summed E-state index contributed by atoms with van der Waals surface area (Å²) in [7, 11) is 1.44. The quantitative estimate of drug-likeness (QED) is 0.655. The fourth-order valence-corrected chi connectivity index (χ4v) is 1.32. The van der Waals surface area contributed by atoms with Crippen LogP contribution in [0.4, 0.5) is 5.69 Å². The Labute approximate surface area is 105 Å². The fourth-order valence-electron chi connectivity index (χ4n) is 1.32. The van der Waals surface area contributed by atoms with Crippen LogP contribution in [0.15, 0.2) is 12.1 Å². The molecule has 0 aromatic heterocycles. The molecule has 0 spiro atoms. The van der Waals surface area contributed by atoms with Gasteiger partial charge in [-0.2, -0.15) is 0 Å². The van der Waals surface area contributed by atoms with E-state index in [0.29, 0.717) is 11.5 Å². The molecule has 18 heavy (non-hydrogen) atoms. The molecule has 0 bridgehead atoms. The van der Waals surface area contributed by atoms with E-state index in [2.05, 4.69) is 0 Å². The minimum Gasteiger partial charge on any atom is -0.493 e. The van der Waals surface area contributed by atoms with E-state index >= 15 is 0 Å². The van der Waals surface area contributed by atoms with Crippen LogP contribution in [0, 0.1) is 5.92 Å². The predicted octanol–water partition coefficient (Wildman–Crippen LogP) is 0.983. The minimum absolute atomic E-state index is 0.0108. The van der Waals surface area contributed by atoms with E-state index in [1.165, 1.54) is 19.2 Å². The van der Waals surface area contributed by atoms with Crippen LogP contribution in [0.3, 0.4) is 0 Å². The van der Waals surface area contributed by atoms with Gasteiger partial charge in [-0.25, -0.2) is 4.79 Å². The first-order valence-corrected chi connectivity index (χ1v) is 5.44. The third-order valence-corrected chi connectivity index (χ3v) is 2.40. The molecule has 6 nitrogen and oxygen atoms in total. The number of methoxy groups -OCH3 is 1. The fraction of sp³-hybridized carbons (Fsp3) is 0.417. The average Bonchev–Trinajstić information content (AvgIpc) is 2.35. The lowest BCUT2D eigenvalue weighted by Crippen LogP contribution is -2.13. The Hall–Kier alpha value is -1.95. The Morgan fingerprint density at radius 2 is 2.11 bits per heavy atom. The molecule has 0 saturated heterocycles. The van der Waals surface area contributed by atoms with E-state index in [1.807, 2.05) is 6.92 Å². The molecule has 6 heteroatoms.